The van der Waals surface area contributed by atoms with Gasteiger partial charge in [0, 0.05) is 23.3 Å². The normalized spacial score (nSPS) is 11.3. The molecular formula is C20H15N7. The first kappa shape index (κ1) is 15.4. The zero-order valence-corrected chi connectivity index (χ0v) is 14.3. The molecule has 0 unspecified atom stereocenters. The number of nitrogens with two attached hydrogens (primary N) is 1. The van der Waals surface area contributed by atoms with E-state index in [0.29, 0.717) is 18.0 Å². The summed E-state index contributed by atoms with van der Waals surface area (Å²) in [5.74, 6) is 0.449. The van der Waals surface area contributed by atoms with Crippen molar-refractivity contribution in [3.05, 3.63) is 72.6 Å². The smallest absolute Gasteiger partial charge is 0.179 e. The number of hydrogen-bond acceptors (Lipinski definition) is 6. The Morgan fingerprint density at radius 2 is 1.74 bits per heavy atom. The van der Waals surface area contributed by atoms with E-state index in [9.17, 15) is 0 Å². The fourth-order valence-corrected chi connectivity index (χ4v) is 3.14. The molecule has 7 heteroatoms. The van der Waals surface area contributed by atoms with E-state index in [4.69, 9.17) is 10.7 Å². The molecule has 0 radical (unpaired) electrons. The lowest BCUT2D eigenvalue weighted by molar-refractivity contribution is 0.665. The SMILES string of the molecule is Nc1ncccc1-c1ccc2nnn(Cc3ccc4ncccc4c3)c2n1. The number of anilines is 1. The van der Waals surface area contributed by atoms with Crippen LogP contribution in [0.5, 0.6) is 0 Å². The summed E-state index contributed by atoms with van der Waals surface area (Å²) in [4.78, 5) is 13.2. The maximum absolute atomic E-state index is 5.99. The van der Waals surface area contributed by atoms with Gasteiger partial charge in [-0.3, -0.25) is 4.98 Å². The molecule has 0 atom stereocenters. The molecule has 0 fully saturated rings. The van der Waals surface area contributed by atoms with E-state index in [0.717, 1.165) is 33.2 Å². The van der Waals surface area contributed by atoms with E-state index in [-0.39, 0.29) is 0 Å². The molecule has 27 heavy (non-hydrogen) atoms. The van der Waals surface area contributed by atoms with Crippen LogP contribution in [0, 0.1) is 0 Å². The number of rotatable bonds is 3. The van der Waals surface area contributed by atoms with Crippen molar-refractivity contribution in [2.45, 2.75) is 6.54 Å². The van der Waals surface area contributed by atoms with Crippen LogP contribution in [0.4, 0.5) is 5.82 Å². The first-order valence-corrected chi connectivity index (χ1v) is 8.53. The molecule has 0 aliphatic heterocycles. The Morgan fingerprint density at radius 1 is 0.889 bits per heavy atom. The topological polar surface area (TPSA) is 95.4 Å². The molecule has 4 aromatic heterocycles. The highest BCUT2D eigenvalue weighted by Gasteiger charge is 2.11. The fraction of sp³-hybridized carbons (Fsp3) is 0.0500. The van der Waals surface area contributed by atoms with Crippen molar-refractivity contribution in [3.63, 3.8) is 0 Å². The second-order valence-electron chi connectivity index (χ2n) is 6.25. The molecule has 130 valence electrons. The number of hydrogen-bond donors (Lipinski definition) is 1. The Kier molecular flexibility index (Phi) is 3.50. The van der Waals surface area contributed by atoms with Gasteiger partial charge in [-0.15, -0.1) is 5.10 Å². The summed E-state index contributed by atoms with van der Waals surface area (Å²) in [5, 5.41) is 9.59. The van der Waals surface area contributed by atoms with E-state index in [1.165, 1.54) is 0 Å². The van der Waals surface area contributed by atoms with Gasteiger partial charge in [0.25, 0.3) is 0 Å². The van der Waals surface area contributed by atoms with Crippen LogP contribution in [-0.2, 0) is 6.54 Å². The van der Waals surface area contributed by atoms with Crippen molar-refractivity contribution < 1.29 is 0 Å². The number of aromatic nitrogens is 6. The summed E-state index contributed by atoms with van der Waals surface area (Å²) in [5.41, 5.74) is 11.1. The van der Waals surface area contributed by atoms with Gasteiger partial charge in [-0.25, -0.2) is 14.6 Å². The number of nitrogens with zero attached hydrogens (tertiary/aromatic N) is 6. The van der Waals surface area contributed by atoms with Crippen molar-refractivity contribution in [3.8, 4) is 11.3 Å². The van der Waals surface area contributed by atoms with E-state index in [1.807, 2.05) is 48.5 Å². The largest absolute Gasteiger partial charge is 0.383 e. The lowest BCUT2D eigenvalue weighted by Gasteiger charge is -2.06. The minimum Gasteiger partial charge on any atom is -0.383 e. The summed E-state index contributed by atoms with van der Waals surface area (Å²) in [6, 6.07) is 17.7. The molecule has 0 saturated carbocycles. The highest BCUT2D eigenvalue weighted by molar-refractivity contribution is 5.80. The van der Waals surface area contributed by atoms with Crippen LogP contribution < -0.4 is 5.73 Å². The molecule has 0 aliphatic carbocycles. The van der Waals surface area contributed by atoms with Crippen molar-refractivity contribution in [2.75, 3.05) is 5.73 Å². The molecule has 1 aromatic carbocycles. The third-order valence-corrected chi connectivity index (χ3v) is 4.47. The summed E-state index contributed by atoms with van der Waals surface area (Å²) in [6.07, 6.45) is 3.46. The van der Waals surface area contributed by atoms with Crippen molar-refractivity contribution in [2.24, 2.45) is 0 Å². The summed E-state index contributed by atoms with van der Waals surface area (Å²) in [7, 11) is 0. The monoisotopic (exact) mass is 353 g/mol. The Morgan fingerprint density at radius 3 is 2.67 bits per heavy atom. The average Bonchev–Trinajstić information content (AvgIpc) is 3.10. The number of nitrogen functional groups attached to an aromatic ring is 1. The molecular weight excluding hydrogens is 338 g/mol. The van der Waals surface area contributed by atoms with Crippen LogP contribution in [0.1, 0.15) is 5.56 Å². The lowest BCUT2D eigenvalue weighted by Crippen LogP contribution is -2.03. The third kappa shape index (κ3) is 2.75. The zero-order chi connectivity index (χ0) is 18.2. The van der Waals surface area contributed by atoms with Crippen LogP contribution in [0.2, 0.25) is 0 Å². The molecule has 0 amide bonds. The molecule has 0 spiro atoms. The van der Waals surface area contributed by atoms with Crippen LogP contribution >= 0.6 is 0 Å². The number of pyridine rings is 3. The highest BCUT2D eigenvalue weighted by Crippen LogP contribution is 2.24. The van der Waals surface area contributed by atoms with Gasteiger partial charge < -0.3 is 5.73 Å². The van der Waals surface area contributed by atoms with Crippen LogP contribution in [-0.4, -0.2) is 29.9 Å². The molecule has 5 rings (SSSR count). The summed E-state index contributed by atoms with van der Waals surface area (Å²) in [6.45, 7) is 0.570. The van der Waals surface area contributed by atoms with Crippen LogP contribution in [0.25, 0.3) is 33.3 Å². The maximum Gasteiger partial charge on any atom is 0.179 e. The quantitative estimate of drug-likeness (QED) is 0.535. The van der Waals surface area contributed by atoms with Gasteiger partial charge in [0.15, 0.2) is 5.65 Å². The van der Waals surface area contributed by atoms with E-state index in [1.54, 1.807) is 17.1 Å². The van der Waals surface area contributed by atoms with Crippen molar-refractivity contribution in [1.29, 1.82) is 0 Å². The Labute approximate surface area is 154 Å². The zero-order valence-electron chi connectivity index (χ0n) is 14.3. The minimum atomic E-state index is 0.449. The molecule has 4 heterocycles. The summed E-state index contributed by atoms with van der Waals surface area (Å²) >= 11 is 0. The Bertz CT molecular complexity index is 1280. The Balaban J connectivity index is 1.56. The first-order valence-electron chi connectivity index (χ1n) is 8.53. The van der Waals surface area contributed by atoms with Gasteiger partial charge in [-0.2, -0.15) is 0 Å². The fourth-order valence-electron chi connectivity index (χ4n) is 3.14. The standard InChI is InChI=1S/C20H15N7/c21-19-15(4-2-10-23-19)17-7-8-18-20(24-17)27(26-25-18)12-13-5-6-16-14(11-13)3-1-9-22-16/h1-11H,12H2,(H2,21,23). The predicted molar refractivity (Wildman–Crippen MR) is 104 cm³/mol. The second kappa shape index (κ2) is 6.14. The Hall–Kier alpha value is -3.87. The maximum atomic E-state index is 5.99. The van der Waals surface area contributed by atoms with E-state index < -0.39 is 0 Å². The highest BCUT2D eigenvalue weighted by atomic mass is 15.4. The lowest BCUT2D eigenvalue weighted by atomic mass is 10.1. The van der Waals surface area contributed by atoms with Crippen molar-refractivity contribution >= 4 is 27.9 Å². The molecule has 2 N–H and O–H groups in total. The van der Waals surface area contributed by atoms with Crippen molar-refractivity contribution in [1.82, 2.24) is 29.9 Å². The number of fused-ring (bicyclic) bond motifs is 2. The third-order valence-electron chi connectivity index (χ3n) is 4.47. The second-order valence-corrected chi connectivity index (χ2v) is 6.25. The van der Waals surface area contributed by atoms with Crippen LogP contribution in [0.15, 0.2) is 67.0 Å². The predicted octanol–water partition coefficient (Wildman–Crippen LogP) is 3.07. The van der Waals surface area contributed by atoms with Gasteiger partial charge in [0.05, 0.1) is 17.8 Å². The van der Waals surface area contributed by atoms with Crippen LogP contribution in [0.3, 0.4) is 0 Å². The molecule has 0 bridgehead atoms. The van der Waals surface area contributed by atoms with Gasteiger partial charge in [0.2, 0.25) is 0 Å². The molecule has 5 aromatic rings. The first-order chi connectivity index (χ1) is 13.3. The van der Waals surface area contributed by atoms with Gasteiger partial charge in [-0.05, 0) is 48.0 Å². The van der Waals surface area contributed by atoms with E-state index >= 15 is 0 Å². The number of benzene rings is 1. The van der Waals surface area contributed by atoms with Gasteiger partial charge in [0.1, 0.15) is 11.3 Å². The summed E-state index contributed by atoms with van der Waals surface area (Å²) < 4.78 is 1.79. The molecule has 0 aliphatic rings. The molecule has 0 saturated heterocycles. The van der Waals surface area contributed by atoms with Gasteiger partial charge >= 0.3 is 0 Å². The van der Waals surface area contributed by atoms with Gasteiger partial charge in [-0.1, -0.05) is 17.3 Å². The average molecular weight is 353 g/mol. The van der Waals surface area contributed by atoms with E-state index in [2.05, 4.69) is 26.3 Å². The molecule has 7 nitrogen and oxygen atoms in total. The minimum absolute atomic E-state index is 0.449.